The molecule has 28 heavy (non-hydrogen) atoms. The number of piperazine rings is 1. The van der Waals surface area contributed by atoms with Gasteiger partial charge in [0.15, 0.2) is 0 Å². The lowest BCUT2D eigenvalue weighted by Crippen LogP contribution is -2.48. The summed E-state index contributed by atoms with van der Waals surface area (Å²) in [5.74, 6) is 0.837. The molecular weight excluding hydrogens is 358 g/mol. The van der Waals surface area contributed by atoms with Crippen LogP contribution >= 0.6 is 0 Å². The van der Waals surface area contributed by atoms with E-state index in [1.54, 1.807) is 37.7 Å². The van der Waals surface area contributed by atoms with Crippen molar-refractivity contribution in [2.45, 2.75) is 0 Å². The molecule has 1 saturated heterocycles. The minimum Gasteiger partial charge on any atom is -0.497 e. The van der Waals surface area contributed by atoms with Crippen molar-refractivity contribution < 1.29 is 14.3 Å². The smallest absolute Gasteiger partial charge is 0.277 e. The molecule has 0 atom stereocenters. The number of aromatic nitrogens is 2. The first-order valence-electron chi connectivity index (χ1n) is 9.08. The highest BCUT2D eigenvalue weighted by molar-refractivity contribution is 6.35. The van der Waals surface area contributed by atoms with E-state index in [4.69, 9.17) is 4.74 Å². The van der Waals surface area contributed by atoms with Crippen LogP contribution in [0.2, 0.25) is 0 Å². The van der Waals surface area contributed by atoms with Crippen LogP contribution in [0.4, 0.5) is 5.95 Å². The van der Waals surface area contributed by atoms with Crippen molar-refractivity contribution in [1.82, 2.24) is 19.8 Å². The first-order valence-corrected chi connectivity index (χ1v) is 9.08. The second kappa shape index (κ2) is 7.30. The molecule has 4 rings (SSSR count). The summed E-state index contributed by atoms with van der Waals surface area (Å²) in [6.07, 6.45) is 3.43. The molecule has 0 spiro atoms. The molecule has 0 saturated carbocycles. The van der Waals surface area contributed by atoms with Crippen LogP contribution < -0.4 is 9.64 Å². The number of carbonyl (C=O) groups is 2. The lowest BCUT2D eigenvalue weighted by molar-refractivity contribution is -0.135. The molecule has 8 heteroatoms. The van der Waals surface area contributed by atoms with Crippen LogP contribution in [-0.2, 0) is 9.59 Å². The van der Waals surface area contributed by atoms with Crippen LogP contribution in [-0.4, -0.2) is 71.9 Å². The van der Waals surface area contributed by atoms with E-state index in [-0.39, 0.29) is 11.8 Å². The Hall–Kier alpha value is -3.42. The summed E-state index contributed by atoms with van der Waals surface area (Å²) < 4.78 is 5.19. The van der Waals surface area contributed by atoms with Crippen molar-refractivity contribution in [3.8, 4) is 5.75 Å². The van der Waals surface area contributed by atoms with Crippen molar-refractivity contribution in [2.75, 3.05) is 45.2 Å². The second-order valence-corrected chi connectivity index (χ2v) is 6.64. The van der Waals surface area contributed by atoms with Gasteiger partial charge in [-0.2, -0.15) is 0 Å². The van der Waals surface area contributed by atoms with Crippen LogP contribution in [0.3, 0.4) is 0 Å². The minimum absolute atomic E-state index is 0.264. The van der Waals surface area contributed by atoms with Gasteiger partial charge in [0.2, 0.25) is 5.95 Å². The normalized spacial score (nSPS) is 17.6. The van der Waals surface area contributed by atoms with E-state index in [1.165, 1.54) is 11.9 Å². The Balaban J connectivity index is 1.62. The van der Waals surface area contributed by atoms with Crippen LogP contribution in [0.15, 0.2) is 48.4 Å². The van der Waals surface area contributed by atoms with Gasteiger partial charge < -0.3 is 14.5 Å². The minimum atomic E-state index is -0.279. The first kappa shape index (κ1) is 18.0. The van der Waals surface area contributed by atoms with E-state index < -0.39 is 0 Å². The molecule has 1 fully saturated rings. The summed E-state index contributed by atoms with van der Waals surface area (Å²) in [5.41, 5.74) is 1.62. The number of rotatable bonds is 4. The Morgan fingerprint density at radius 2 is 1.50 bits per heavy atom. The van der Waals surface area contributed by atoms with Gasteiger partial charge in [-0.25, -0.2) is 9.97 Å². The molecule has 0 unspecified atom stereocenters. The lowest BCUT2D eigenvalue weighted by atomic mass is 10.0. The van der Waals surface area contributed by atoms with E-state index >= 15 is 0 Å². The number of imide groups is 1. The molecule has 2 amide bonds. The average molecular weight is 379 g/mol. The number of carbonyl (C=O) groups excluding carboxylic acids is 2. The largest absolute Gasteiger partial charge is 0.497 e. The summed E-state index contributed by atoms with van der Waals surface area (Å²) >= 11 is 0. The molecule has 0 aliphatic carbocycles. The number of nitrogens with zero attached hydrogens (tertiary/aromatic N) is 5. The van der Waals surface area contributed by atoms with Gasteiger partial charge in [0.1, 0.15) is 11.4 Å². The molecule has 3 heterocycles. The maximum Gasteiger partial charge on any atom is 0.277 e. The van der Waals surface area contributed by atoms with Crippen molar-refractivity contribution >= 4 is 23.3 Å². The summed E-state index contributed by atoms with van der Waals surface area (Å²) in [6, 6.07) is 8.99. The van der Waals surface area contributed by atoms with E-state index in [9.17, 15) is 9.59 Å². The molecule has 144 valence electrons. The highest BCUT2D eigenvalue weighted by Crippen LogP contribution is 2.32. The molecule has 0 bridgehead atoms. The van der Waals surface area contributed by atoms with Crippen LogP contribution in [0, 0.1) is 0 Å². The Labute approximate surface area is 163 Å². The summed E-state index contributed by atoms with van der Waals surface area (Å²) in [5, 5.41) is 0. The molecule has 1 aromatic heterocycles. The average Bonchev–Trinajstić information content (AvgIpc) is 2.98. The van der Waals surface area contributed by atoms with E-state index in [2.05, 4.69) is 14.9 Å². The number of anilines is 1. The molecule has 0 N–H and O–H groups in total. The highest BCUT2D eigenvalue weighted by atomic mass is 16.5. The van der Waals surface area contributed by atoms with Gasteiger partial charge in [0, 0.05) is 45.6 Å². The maximum atomic E-state index is 12.8. The molecule has 2 aromatic rings. The fraction of sp³-hybridized carbons (Fsp3) is 0.300. The lowest BCUT2D eigenvalue weighted by Gasteiger charge is -2.36. The summed E-state index contributed by atoms with van der Waals surface area (Å²) in [7, 11) is 3.11. The fourth-order valence-corrected chi connectivity index (χ4v) is 3.52. The molecular formula is C20H21N5O3. The van der Waals surface area contributed by atoms with Crippen LogP contribution in [0.5, 0.6) is 5.75 Å². The number of methoxy groups -OCH3 is 1. The van der Waals surface area contributed by atoms with Crippen molar-refractivity contribution in [1.29, 1.82) is 0 Å². The van der Waals surface area contributed by atoms with Crippen LogP contribution in [0.1, 0.15) is 5.56 Å². The zero-order valence-corrected chi connectivity index (χ0v) is 15.8. The second-order valence-electron chi connectivity index (χ2n) is 6.64. The molecule has 8 nitrogen and oxygen atoms in total. The molecule has 2 aliphatic heterocycles. The molecule has 0 radical (unpaired) electrons. The number of amides is 2. The zero-order valence-electron chi connectivity index (χ0n) is 15.8. The van der Waals surface area contributed by atoms with Gasteiger partial charge in [0.05, 0.1) is 12.7 Å². The number of ether oxygens (including phenoxy) is 1. The summed E-state index contributed by atoms with van der Waals surface area (Å²) in [4.78, 5) is 39.4. The van der Waals surface area contributed by atoms with Crippen molar-refractivity contribution in [3.05, 3.63) is 54.0 Å². The predicted molar refractivity (Wildman–Crippen MR) is 104 cm³/mol. The van der Waals surface area contributed by atoms with Gasteiger partial charge in [-0.15, -0.1) is 0 Å². The van der Waals surface area contributed by atoms with Gasteiger partial charge >= 0.3 is 0 Å². The topological polar surface area (TPSA) is 78.9 Å². The third kappa shape index (κ3) is 3.06. The number of likely N-dealkylation sites (N-methyl/N-ethyl adjacent to an activating group) is 1. The predicted octanol–water partition coefficient (Wildman–Crippen LogP) is 1.02. The van der Waals surface area contributed by atoms with Crippen molar-refractivity contribution in [2.24, 2.45) is 0 Å². The number of benzene rings is 1. The van der Waals surface area contributed by atoms with E-state index in [1.807, 2.05) is 17.0 Å². The molecule has 1 aromatic carbocycles. The van der Waals surface area contributed by atoms with Crippen molar-refractivity contribution in [3.63, 3.8) is 0 Å². The molecule has 2 aliphatic rings. The van der Waals surface area contributed by atoms with E-state index in [0.29, 0.717) is 54.7 Å². The number of hydrogen-bond acceptors (Lipinski definition) is 7. The van der Waals surface area contributed by atoms with E-state index in [0.717, 1.165) is 0 Å². The third-order valence-corrected chi connectivity index (χ3v) is 5.07. The van der Waals surface area contributed by atoms with Crippen LogP contribution in [0.25, 0.3) is 5.57 Å². The van der Waals surface area contributed by atoms with Gasteiger partial charge in [0.25, 0.3) is 11.8 Å². The Morgan fingerprint density at radius 1 is 0.893 bits per heavy atom. The maximum absolute atomic E-state index is 12.8. The van der Waals surface area contributed by atoms with Gasteiger partial charge in [-0.3, -0.25) is 14.5 Å². The summed E-state index contributed by atoms with van der Waals surface area (Å²) in [6.45, 7) is 2.57. The highest BCUT2D eigenvalue weighted by Gasteiger charge is 2.40. The Kier molecular flexibility index (Phi) is 4.68. The Bertz CT molecular complexity index is 919. The third-order valence-electron chi connectivity index (χ3n) is 5.07. The zero-order chi connectivity index (χ0) is 19.7. The monoisotopic (exact) mass is 379 g/mol. The quantitative estimate of drug-likeness (QED) is 0.734. The number of hydrogen-bond donors (Lipinski definition) is 0. The SMILES string of the molecule is COc1ccc(C2=C(N3CCN(c4ncccn4)CC3)C(=O)N(C)C2=O)cc1. The Morgan fingerprint density at radius 3 is 2.11 bits per heavy atom. The van der Waals surface area contributed by atoms with Gasteiger partial charge in [-0.05, 0) is 23.8 Å². The fourth-order valence-electron chi connectivity index (χ4n) is 3.52. The van der Waals surface area contributed by atoms with Gasteiger partial charge in [-0.1, -0.05) is 12.1 Å². The first-order chi connectivity index (χ1) is 13.6. The standard InChI is InChI=1S/C20H21N5O3/c1-23-18(26)16(14-4-6-15(28-2)7-5-14)17(19(23)27)24-10-12-25(13-11-24)20-21-8-3-9-22-20/h3-9H,10-13H2,1-2H3.